The first kappa shape index (κ1) is 16.2. The molecular formula is C18H23N5O2. The van der Waals surface area contributed by atoms with Gasteiger partial charge in [0.1, 0.15) is 5.82 Å². The summed E-state index contributed by atoms with van der Waals surface area (Å²) in [6, 6.07) is 5.34. The van der Waals surface area contributed by atoms with Gasteiger partial charge < -0.3 is 0 Å². The fraction of sp³-hybridized carbons (Fsp3) is 0.556. The lowest BCUT2D eigenvalue weighted by molar-refractivity contribution is -0.385. The maximum absolute atomic E-state index is 11.1. The molecule has 0 bridgehead atoms. The third-order valence-corrected chi connectivity index (χ3v) is 5.36. The Bertz CT molecular complexity index is 784. The Morgan fingerprint density at radius 1 is 1.32 bits per heavy atom. The number of nitrogens with zero attached hydrogens (tertiary/aromatic N) is 4. The molecule has 1 aromatic carbocycles. The van der Waals surface area contributed by atoms with E-state index in [0.29, 0.717) is 11.8 Å². The van der Waals surface area contributed by atoms with Crippen LogP contribution in [0, 0.1) is 17.0 Å². The lowest BCUT2D eigenvalue weighted by Crippen LogP contribution is -2.34. The number of hydrogen-bond acceptors (Lipinski definition) is 5. The lowest BCUT2D eigenvalue weighted by Gasteiger charge is -2.31. The molecule has 25 heavy (non-hydrogen) atoms. The van der Waals surface area contributed by atoms with Crippen LogP contribution in [0.5, 0.6) is 0 Å². The summed E-state index contributed by atoms with van der Waals surface area (Å²) in [6.45, 7) is 4.50. The van der Waals surface area contributed by atoms with E-state index in [1.54, 1.807) is 12.1 Å². The van der Waals surface area contributed by atoms with E-state index in [1.165, 1.54) is 12.8 Å². The Labute approximate surface area is 146 Å². The number of H-pyrrole nitrogens is 1. The van der Waals surface area contributed by atoms with Crippen molar-refractivity contribution in [2.75, 3.05) is 13.1 Å². The van der Waals surface area contributed by atoms with E-state index in [2.05, 4.69) is 15.1 Å². The summed E-state index contributed by atoms with van der Waals surface area (Å²) >= 11 is 0. The molecule has 1 aromatic heterocycles. The van der Waals surface area contributed by atoms with Crippen molar-refractivity contribution >= 4 is 5.69 Å². The van der Waals surface area contributed by atoms with Gasteiger partial charge >= 0.3 is 0 Å². The summed E-state index contributed by atoms with van der Waals surface area (Å²) in [7, 11) is 0. The van der Waals surface area contributed by atoms with Gasteiger partial charge in [0.2, 0.25) is 0 Å². The highest BCUT2D eigenvalue weighted by Crippen LogP contribution is 2.38. The number of nitro groups is 1. The number of nitrogens with one attached hydrogen (secondary N) is 1. The molecule has 0 unspecified atom stereocenters. The number of piperidine rings is 1. The average Bonchev–Trinajstić information content (AvgIpc) is 3.34. The quantitative estimate of drug-likeness (QED) is 0.666. The zero-order valence-corrected chi connectivity index (χ0v) is 14.4. The van der Waals surface area contributed by atoms with E-state index in [1.807, 2.05) is 13.0 Å². The third-order valence-electron chi connectivity index (χ3n) is 5.36. The largest absolute Gasteiger partial charge is 0.298 e. The van der Waals surface area contributed by atoms with E-state index in [0.717, 1.165) is 55.3 Å². The molecule has 1 saturated carbocycles. The van der Waals surface area contributed by atoms with Crippen molar-refractivity contribution in [2.24, 2.45) is 0 Å². The standard InChI is InChI=1S/C18H23N5O2/c1-12-14(4-2-6-16(12)23(24)25)10-22-9-3-5-15(11-22)18-19-17(20-21-18)13-7-8-13/h2,4,6,13,15H,3,5,7-11H2,1H3,(H,19,20,21)/t15-/m0/s1. The first-order valence-corrected chi connectivity index (χ1v) is 8.99. The molecule has 2 heterocycles. The van der Waals surface area contributed by atoms with Crippen molar-refractivity contribution in [1.29, 1.82) is 0 Å². The van der Waals surface area contributed by atoms with Crippen LogP contribution >= 0.6 is 0 Å². The molecular weight excluding hydrogens is 318 g/mol. The van der Waals surface area contributed by atoms with Gasteiger partial charge in [-0.05, 0) is 44.7 Å². The predicted octanol–water partition coefficient (Wildman–Crippen LogP) is 3.28. The molecule has 4 rings (SSSR count). The summed E-state index contributed by atoms with van der Waals surface area (Å²) in [5.41, 5.74) is 2.00. The van der Waals surface area contributed by atoms with E-state index >= 15 is 0 Å². The van der Waals surface area contributed by atoms with Gasteiger partial charge in [0.25, 0.3) is 5.69 Å². The zero-order valence-electron chi connectivity index (χ0n) is 14.4. The number of aromatic nitrogens is 3. The molecule has 2 fully saturated rings. The van der Waals surface area contributed by atoms with Gasteiger partial charge in [-0.1, -0.05) is 12.1 Å². The van der Waals surface area contributed by atoms with Crippen LogP contribution in [0.25, 0.3) is 0 Å². The summed E-state index contributed by atoms with van der Waals surface area (Å²) in [5, 5.41) is 18.7. The maximum Gasteiger partial charge on any atom is 0.272 e. The molecule has 7 heteroatoms. The number of nitro benzene ring substituents is 1. The van der Waals surface area contributed by atoms with Crippen molar-refractivity contribution in [3.05, 3.63) is 51.1 Å². The molecule has 1 saturated heterocycles. The monoisotopic (exact) mass is 341 g/mol. The fourth-order valence-electron chi connectivity index (χ4n) is 3.70. The first-order valence-electron chi connectivity index (χ1n) is 8.99. The van der Waals surface area contributed by atoms with Gasteiger partial charge in [-0.2, -0.15) is 5.10 Å². The number of benzene rings is 1. The van der Waals surface area contributed by atoms with Gasteiger partial charge in [0.05, 0.1) is 4.92 Å². The van der Waals surface area contributed by atoms with Crippen LogP contribution in [-0.4, -0.2) is 38.1 Å². The minimum atomic E-state index is -0.301. The lowest BCUT2D eigenvalue weighted by atomic mass is 9.96. The second-order valence-electron chi connectivity index (χ2n) is 7.25. The van der Waals surface area contributed by atoms with Crippen LogP contribution in [0.3, 0.4) is 0 Å². The van der Waals surface area contributed by atoms with Gasteiger partial charge in [-0.25, -0.2) is 4.98 Å². The molecule has 2 aliphatic rings. The molecule has 1 aliphatic heterocycles. The van der Waals surface area contributed by atoms with Crippen molar-refractivity contribution < 1.29 is 4.92 Å². The summed E-state index contributed by atoms with van der Waals surface area (Å²) < 4.78 is 0. The smallest absolute Gasteiger partial charge is 0.272 e. The Balaban J connectivity index is 1.46. The molecule has 132 valence electrons. The van der Waals surface area contributed by atoms with Crippen LogP contribution in [0.4, 0.5) is 5.69 Å². The predicted molar refractivity (Wildman–Crippen MR) is 93.4 cm³/mol. The summed E-state index contributed by atoms with van der Waals surface area (Å²) in [5.74, 6) is 2.91. The normalized spacial score (nSPS) is 21.4. The topological polar surface area (TPSA) is 88.0 Å². The van der Waals surface area contributed by atoms with Crippen LogP contribution in [-0.2, 0) is 6.54 Å². The number of hydrogen-bond donors (Lipinski definition) is 1. The fourth-order valence-corrected chi connectivity index (χ4v) is 3.70. The van der Waals surface area contributed by atoms with Crippen LogP contribution in [0.15, 0.2) is 18.2 Å². The van der Waals surface area contributed by atoms with Crippen LogP contribution in [0.1, 0.15) is 60.3 Å². The molecule has 1 atom stereocenters. The van der Waals surface area contributed by atoms with E-state index in [9.17, 15) is 10.1 Å². The molecule has 1 N–H and O–H groups in total. The minimum absolute atomic E-state index is 0.203. The second-order valence-corrected chi connectivity index (χ2v) is 7.25. The Morgan fingerprint density at radius 2 is 2.16 bits per heavy atom. The van der Waals surface area contributed by atoms with E-state index in [4.69, 9.17) is 4.98 Å². The number of rotatable bonds is 5. The third kappa shape index (κ3) is 3.42. The highest BCUT2D eigenvalue weighted by atomic mass is 16.6. The van der Waals surface area contributed by atoms with Crippen molar-refractivity contribution in [1.82, 2.24) is 20.1 Å². The molecule has 0 amide bonds. The molecule has 7 nitrogen and oxygen atoms in total. The van der Waals surface area contributed by atoms with Crippen LogP contribution in [0.2, 0.25) is 0 Å². The summed E-state index contributed by atoms with van der Waals surface area (Å²) in [4.78, 5) is 17.9. The second kappa shape index (κ2) is 6.55. The van der Waals surface area contributed by atoms with Gasteiger partial charge in [0.15, 0.2) is 5.82 Å². The SMILES string of the molecule is Cc1c(CN2CCC[C@H](c3n[nH]c(C4CC4)n3)C2)cccc1[N+](=O)[O-]. The Kier molecular flexibility index (Phi) is 4.25. The van der Waals surface area contributed by atoms with Gasteiger partial charge in [-0.3, -0.25) is 20.1 Å². The van der Waals surface area contributed by atoms with Crippen molar-refractivity contribution in [3.63, 3.8) is 0 Å². The molecule has 1 aliphatic carbocycles. The molecule has 2 aromatic rings. The Morgan fingerprint density at radius 3 is 2.92 bits per heavy atom. The molecule has 0 spiro atoms. The van der Waals surface area contributed by atoms with Crippen molar-refractivity contribution in [2.45, 2.75) is 51.0 Å². The van der Waals surface area contributed by atoms with Gasteiger partial charge in [0, 0.05) is 36.6 Å². The van der Waals surface area contributed by atoms with Gasteiger partial charge in [-0.15, -0.1) is 0 Å². The minimum Gasteiger partial charge on any atom is -0.298 e. The van der Waals surface area contributed by atoms with E-state index in [-0.39, 0.29) is 10.6 Å². The average molecular weight is 341 g/mol. The van der Waals surface area contributed by atoms with Crippen LogP contribution < -0.4 is 0 Å². The molecule has 0 radical (unpaired) electrons. The zero-order chi connectivity index (χ0) is 17.4. The first-order chi connectivity index (χ1) is 12.1. The summed E-state index contributed by atoms with van der Waals surface area (Å²) in [6.07, 6.45) is 4.65. The van der Waals surface area contributed by atoms with Crippen molar-refractivity contribution in [3.8, 4) is 0 Å². The van der Waals surface area contributed by atoms with E-state index < -0.39 is 0 Å². The number of likely N-dealkylation sites (tertiary alicyclic amines) is 1. The Hall–Kier alpha value is -2.28. The maximum atomic E-state index is 11.1. The highest BCUT2D eigenvalue weighted by molar-refractivity contribution is 5.44. The number of aromatic amines is 1. The highest BCUT2D eigenvalue weighted by Gasteiger charge is 2.30.